The summed E-state index contributed by atoms with van der Waals surface area (Å²) in [5.41, 5.74) is 0. The summed E-state index contributed by atoms with van der Waals surface area (Å²) in [6.45, 7) is 0.653. The molecule has 1 aromatic rings. The van der Waals surface area contributed by atoms with Crippen LogP contribution in [0.3, 0.4) is 0 Å². The Bertz CT molecular complexity index is 516. The molecule has 0 amide bonds. The molecular weight excluding hydrogens is 224 g/mol. The number of aromatic nitrogens is 2. The molecule has 1 aromatic heterocycles. The molecule has 3 aliphatic carbocycles. The lowest BCUT2D eigenvalue weighted by atomic mass is 9.84. The van der Waals surface area contributed by atoms with E-state index in [9.17, 15) is 0 Å². The van der Waals surface area contributed by atoms with Crippen LogP contribution in [0, 0.1) is 23.7 Å². The van der Waals surface area contributed by atoms with Crippen molar-refractivity contribution in [3.8, 4) is 0 Å². The van der Waals surface area contributed by atoms with Crippen LogP contribution in [-0.2, 0) is 18.5 Å². The van der Waals surface area contributed by atoms with Crippen LogP contribution in [0.2, 0.25) is 0 Å². The van der Waals surface area contributed by atoms with E-state index in [1.807, 2.05) is 17.8 Å². The summed E-state index contributed by atoms with van der Waals surface area (Å²) in [6.07, 6.45) is 17.3. The molecule has 3 heteroatoms. The van der Waals surface area contributed by atoms with Gasteiger partial charge in [-0.15, -0.1) is 0 Å². The van der Waals surface area contributed by atoms with Crippen LogP contribution < -0.4 is 4.57 Å². The third-order valence-corrected chi connectivity index (χ3v) is 4.73. The summed E-state index contributed by atoms with van der Waals surface area (Å²) in [5.74, 6) is 2.98. The van der Waals surface area contributed by atoms with E-state index in [1.165, 1.54) is 6.42 Å². The lowest BCUT2D eigenvalue weighted by Crippen LogP contribution is -2.28. The number of fused-ring (bicyclic) bond motifs is 5. The Kier molecular flexibility index (Phi) is 2.24. The number of hydrogen-bond acceptors (Lipinski definition) is 1. The molecule has 1 heterocycles. The summed E-state index contributed by atoms with van der Waals surface area (Å²) >= 11 is 0. The molecular formula is C15H19N2O+. The van der Waals surface area contributed by atoms with Gasteiger partial charge in [-0.2, -0.15) is 0 Å². The zero-order valence-electron chi connectivity index (χ0n) is 10.6. The Morgan fingerprint density at radius 3 is 2.94 bits per heavy atom. The van der Waals surface area contributed by atoms with Gasteiger partial charge >= 0.3 is 0 Å². The molecule has 0 N–H and O–H groups in total. The molecule has 4 rings (SSSR count). The number of ether oxygens (including phenoxy) is 1. The van der Waals surface area contributed by atoms with Gasteiger partial charge in [-0.05, 0) is 24.2 Å². The first kappa shape index (κ1) is 10.6. The molecule has 0 spiro atoms. The van der Waals surface area contributed by atoms with Gasteiger partial charge in [0.2, 0.25) is 6.33 Å². The van der Waals surface area contributed by atoms with Crippen LogP contribution in [-0.4, -0.2) is 10.7 Å². The van der Waals surface area contributed by atoms with Gasteiger partial charge in [0, 0.05) is 5.92 Å². The topological polar surface area (TPSA) is 18.0 Å². The van der Waals surface area contributed by atoms with Gasteiger partial charge in [0.1, 0.15) is 12.4 Å². The Hall–Kier alpha value is -1.35. The standard InChI is InChI=1S/C15H19N2O/c1-16-6-7-17(9-16)10-18-14-5-4-13-11-2-3-12(8-11)15(13)14/h2-7,9,11-15H,8,10H2,1H3/q+1. The SMILES string of the molecule is C[n+]1ccn(COC2C=CC3C4C=CC(C4)C23)c1. The van der Waals surface area contributed by atoms with Gasteiger partial charge in [-0.1, -0.05) is 24.3 Å². The van der Waals surface area contributed by atoms with Gasteiger partial charge in [0.25, 0.3) is 0 Å². The maximum Gasteiger partial charge on any atom is 0.245 e. The van der Waals surface area contributed by atoms with Crippen LogP contribution in [0.25, 0.3) is 0 Å². The minimum Gasteiger partial charge on any atom is -0.334 e. The molecule has 2 bridgehead atoms. The van der Waals surface area contributed by atoms with Crippen molar-refractivity contribution in [3.63, 3.8) is 0 Å². The highest BCUT2D eigenvalue weighted by atomic mass is 16.5. The molecule has 1 saturated carbocycles. The van der Waals surface area contributed by atoms with Gasteiger partial charge in [0.05, 0.1) is 13.2 Å². The van der Waals surface area contributed by atoms with Crippen LogP contribution >= 0.6 is 0 Å². The van der Waals surface area contributed by atoms with Gasteiger partial charge in [-0.25, -0.2) is 9.13 Å². The molecule has 0 aromatic carbocycles. The molecule has 0 radical (unpaired) electrons. The predicted molar refractivity (Wildman–Crippen MR) is 67.3 cm³/mol. The average Bonchev–Trinajstić information content (AvgIpc) is 3.08. The van der Waals surface area contributed by atoms with E-state index in [0.717, 1.165) is 17.8 Å². The highest BCUT2D eigenvalue weighted by molar-refractivity contribution is 5.24. The summed E-state index contributed by atoms with van der Waals surface area (Å²) < 4.78 is 10.2. The van der Waals surface area contributed by atoms with E-state index in [1.54, 1.807) is 0 Å². The zero-order chi connectivity index (χ0) is 12.1. The van der Waals surface area contributed by atoms with Crippen molar-refractivity contribution in [1.82, 2.24) is 4.57 Å². The second-order valence-corrected chi connectivity index (χ2v) is 5.84. The Balaban J connectivity index is 1.44. The number of nitrogens with zero attached hydrogens (tertiary/aromatic N) is 2. The van der Waals surface area contributed by atoms with Crippen LogP contribution in [0.5, 0.6) is 0 Å². The zero-order valence-corrected chi connectivity index (χ0v) is 10.6. The van der Waals surface area contributed by atoms with E-state index in [0.29, 0.717) is 18.8 Å². The first-order chi connectivity index (χ1) is 8.81. The maximum atomic E-state index is 6.10. The third kappa shape index (κ3) is 1.50. The largest absolute Gasteiger partial charge is 0.334 e. The fraction of sp³-hybridized carbons (Fsp3) is 0.533. The smallest absolute Gasteiger partial charge is 0.245 e. The predicted octanol–water partition coefficient (Wildman–Crippen LogP) is 1.66. The Labute approximate surface area is 107 Å². The first-order valence-corrected chi connectivity index (χ1v) is 6.80. The highest BCUT2D eigenvalue weighted by Gasteiger charge is 2.49. The fourth-order valence-corrected chi connectivity index (χ4v) is 3.92. The van der Waals surface area contributed by atoms with E-state index >= 15 is 0 Å². The third-order valence-electron chi connectivity index (χ3n) is 4.73. The monoisotopic (exact) mass is 243 g/mol. The second kappa shape index (κ2) is 3.82. The summed E-state index contributed by atoms with van der Waals surface area (Å²) in [4.78, 5) is 0. The van der Waals surface area contributed by atoms with E-state index in [4.69, 9.17) is 4.74 Å². The summed E-state index contributed by atoms with van der Waals surface area (Å²) in [7, 11) is 2.03. The quantitative estimate of drug-likeness (QED) is 0.583. The Morgan fingerprint density at radius 2 is 2.11 bits per heavy atom. The van der Waals surface area contributed by atoms with Crippen molar-refractivity contribution in [1.29, 1.82) is 0 Å². The van der Waals surface area contributed by atoms with Gasteiger partial charge in [-0.3, -0.25) is 0 Å². The minimum absolute atomic E-state index is 0.308. The van der Waals surface area contributed by atoms with Crippen LogP contribution in [0.15, 0.2) is 43.0 Å². The molecule has 3 aliphatic rings. The van der Waals surface area contributed by atoms with Gasteiger partial charge < -0.3 is 4.74 Å². The molecule has 1 fully saturated rings. The van der Waals surface area contributed by atoms with E-state index in [2.05, 4.69) is 41.4 Å². The van der Waals surface area contributed by atoms with Crippen LogP contribution in [0.1, 0.15) is 6.42 Å². The summed E-state index contributed by atoms with van der Waals surface area (Å²) in [6, 6.07) is 0. The molecule has 94 valence electrons. The number of rotatable bonds is 3. The molecule has 5 atom stereocenters. The molecule has 0 aliphatic heterocycles. The lowest BCUT2D eigenvalue weighted by molar-refractivity contribution is -0.671. The first-order valence-electron chi connectivity index (χ1n) is 6.80. The van der Waals surface area contributed by atoms with Gasteiger partial charge in [0.15, 0.2) is 6.73 Å². The minimum atomic E-state index is 0.308. The molecule has 3 nitrogen and oxygen atoms in total. The second-order valence-electron chi connectivity index (χ2n) is 5.84. The number of aryl methyl sites for hydroxylation is 1. The molecule has 5 unspecified atom stereocenters. The number of hydrogen-bond donors (Lipinski definition) is 0. The van der Waals surface area contributed by atoms with E-state index < -0.39 is 0 Å². The Morgan fingerprint density at radius 1 is 1.22 bits per heavy atom. The number of imidazole rings is 1. The summed E-state index contributed by atoms with van der Waals surface area (Å²) in [5, 5.41) is 0. The average molecular weight is 243 g/mol. The van der Waals surface area contributed by atoms with Crippen molar-refractivity contribution in [2.24, 2.45) is 30.7 Å². The highest BCUT2D eigenvalue weighted by Crippen LogP contribution is 2.53. The maximum absolute atomic E-state index is 6.10. The van der Waals surface area contributed by atoms with Crippen molar-refractivity contribution < 1.29 is 9.30 Å². The van der Waals surface area contributed by atoms with Crippen molar-refractivity contribution in [3.05, 3.63) is 43.0 Å². The van der Waals surface area contributed by atoms with Crippen molar-refractivity contribution >= 4 is 0 Å². The van der Waals surface area contributed by atoms with Crippen molar-refractivity contribution in [2.45, 2.75) is 19.3 Å². The molecule has 0 saturated heterocycles. The van der Waals surface area contributed by atoms with Crippen molar-refractivity contribution in [2.75, 3.05) is 0 Å². The fourth-order valence-electron chi connectivity index (χ4n) is 3.92. The number of allylic oxidation sites excluding steroid dienone is 3. The lowest BCUT2D eigenvalue weighted by Gasteiger charge is -2.25. The van der Waals surface area contributed by atoms with Crippen LogP contribution in [0.4, 0.5) is 0 Å². The normalized spacial score (nSPS) is 39.7. The van der Waals surface area contributed by atoms with E-state index in [-0.39, 0.29) is 0 Å². The molecule has 18 heavy (non-hydrogen) atoms.